The second kappa shape index (κ2) is 6.02. The zero-order chi connectivity index (χ0) is 13.0. The van der Waals surface area contributed by atoms with Crippen LogP contribution in [0.4, 0.5) is 0 Å². The van der Waals surface area contributed by atoms with Crippen LogP contribution < -0.4 is 11.1 Å². The Labute approximate surface area is 107 Å². The molecule has 1 amide bonds. The van der Waals surface area contributed by atoms with Crippen molar-refractivity contribution in [3.63, 3.8) is 0 Å². The predicted molar refractivity (Wildman–Crippen MR) is 68.9 cm³/mol. The average molecular weight is 251 g/mol. The van der Waals surface area contributed by atoms with E-state index in [0.717, 1.165) is 18.8 Å². The summed E-state index contributed by atoms with van der Waals surface area (Å²) in [5.41, 5.74) is 5.55. The third-order valence-corrected chi connectivity index (χ3v) is 3.34. The van der Waals surface area contributed by atoms with Gasteiger partial charge in [0.05, 0.1) is 18.3 Å². The maximum absolute atomic E-state index is 11.5. The molecule has 2 atom stereocenters. The minimum Gasteiger partial charge on any atom is -0.468 e. The van der Waals surface area contributed by atoms with Crippen LogP contribution >= 0.6 is 0 Å². The van der Waals surface area contributed by atoms with E-state index in [-0.39, 0.29) is 11.9 Å². The summed E-state index contributed by atoms with van der Waals surface area (Å²) >= 11 is 0. The molecule has 3 N–H and O–H groups in total. The molecule has 2 unspecified atom stereocenters. The maximum Gasteiger partial charge on any atom is 0.236 e. The summed E-state index contributed by atoms with van der Waals surface area (Å²) in [4.78, 5) is 13.9. The minimum atomic E-state index is -0.471. The summed E-state index contributed by atoms with van der Waals surface area (Å²) in [6.45, 7) is 4.35. The van der Waals surface area contributed by atoms with Crippen molar-refractivity contribution >= 4 is 5.91 Å². The van der Waals surface area contributed by atoms with Gasteiger partial charge in [-0.3, -0.25) is 9.69 Å². The molecule has 1 aromatic heterocycles. The van der Waals surface area contributed by atoms with Gasteiger partial charge in [-0.05, 0) is 45.0 Å². The van der Waals surface area contributed by atoms with Crippen molar-refractivity contribution in [2.24, 2.45) is 5.73 Å². The SMILES string of the molecule is CC(N)C(=O)NCC(c1ccco1)N1CCCC1. The summed E-state index contributed by atoms with van der Waals surface area (Å²) in [7, 11) is 0. The summed E-state index contributed by atoms with van der Waals surface area (Å²) < 4.78 is 5.48. The number of nitrogens with one attached hydrogen (secondary N) is 1. The topological polar surface area (TPSA) is 71.5 Å². The molecule has 1 saturated heterocycles. The number of furan rings is 1. The second-order valence-electron chi connectivity index (χ2n) is 4.81. The Kier molecular flexibility index (Phi) is 4.38. The van der Waals surface area contributed by atoms with Gasteiger partial charge in [0.25, 0.3) is 0 Å². The van der Waals surface area contributed by atoms with E-state index in [1.54, 1.807) is 13.2 Å². The summed E-state index contributed by atoms with van der Waals surface area (Å²) in [6.07, 6.45) is 4.09. The molecule has 0 bridgehead atoms. The van der Waals surface area contributed by atoms with Crippen LogP contribution in [0.15, 0.2) is 22.8 Å². The molecule has 1 fully saturated rings. The molecule has 0 spiro atoms. The quantitative estimate of drug-likeness (QED) is 0.815. The molecule has 2 rings (SSSR count). The molecule has 5 nitrogen and oxygen atoms in total. The lowest BCUT2D eigenvalue weighted by atomic mass is 10.2. The largest absolute Gasteiger partial charge is 0.468 e. The number of nitrogens with zero attached hydrogens (tertiary/aromatic N) is 1. The summed E-state index contributed by atoms with van der Waals surface area (Å²) in [6, 6.07) is 3.48. The van der Waals surface area contributed by atoms with Crippen LogP contribution in [-0.4, -0.2) is 36.5 Å². The number of hydrogen-bond donors (Lipinski definition) is 2. The van der Waals surface area contributed by atoms with E-state index in [1.165, 1.54) is 12.8 Å². The fraction of sp³-hybridized carbons (Fsp3) is 0.615. The van der Waals surface area contributed by atoms with Gasteiger partial charge in [-0.15, -0.1) is 0 Å². The highest BCUT2D eigenvalue weighted by Crippen LogP contribution is 2.24. The number of nitrogens with two attached hydrogens (primary N) is 1. The van der Waals surface area contributed by atoms with E-state index < -0.39 is 6.04 Å². The number of likely N-dealkylation sites (tertiary alicyclic amines) is 1. The zero-order valence-electron chi connectivity index (χ0n) is 10.8. The van der Waals surface area contributed by atoms with Gasteiger partial charge in [-0.1, -0.05) is 0 Å². The fourth-order valence-corrected chi connectivity index (χ4v) is 2.30. The van der Waals surface area contributed by atoms with Crippen LogP contribution in [-0.2, 0) is 4.79 Å². The van der Waals surface area contributed by atoms with Gasteiger partial charge in [0.2, 0.25) is 5.91 Å². The number of carbonyl (C=O) groups is 1. The first kappa shape index (κ1) is 13.1. The Morgan fingerprint density at radius 3 is 2.83 bits per heavy atom. The monoisotopic (exact) mass is 251 g/mol. The maximum atomic E-state index is 11.5. The Bertz CT molecular complexity index is 370. The third kappa shape index (κ3) is 3.11. The average Bonchev–Trinajstić information content (AvgIpc) is 3.01. The van der Waals surface area contributed by atoms with Crippen molar-refractivity contribution in [3.8, 4) is 0 Å². The molecule has 2 heterocycles. The van der Waals surface area contributed by atoms with Gasteiger partial charge >= 0.3 is 0 Å². The van der Waals surface area contributed by atoms with Crippen LogP contribution in [0, 0.1) is 0 Å². The van der Waals surface area contributed by atoms with Crippen molar-refractivity contribution in [1.82, 2.24) is 10.2 Å². The van der Waals surface area contributed by atoms with Crippen molar-refractivity contribution < 1.29 is 9.21 Å². The van der Waals surface area contributed by atoms with Gasteiger partial charge in [-0.2, -0.15) is 0 Å². The van der Waals surface area contributed by atoms with Crippen LogP contribution in [0.1, 0.15) is 31.6 Å². The van der Waals surface area contributed by atoms with Crippen molar-refractivity contribution in [1.29, 1.82) is 0 Å². The minimum absolute atomic E-state index is 0.116. The van der Waals surface area contributed by atoms with E-state index >= 15 is 0 Å². The molecule has 0 aliphatic carbocycles. The second-order valence-corrected chi connectivity index (χ2v) is 4.81. The first-order valence-electron chi connectivity index (χ1n) is 6.49. The Morgan fingerprint density at radius 2 is 2.28 bits per heavy atom. The zero-order valence-corrected chi connectivity index (χ0v) is 10.8. The standard InChI is InChI=1S/C13H21N3O2/c1-10(14)13(17)15-9-11(12-5-4-8-18-12)16-6-2-3-7-16/h4-5,8,10-11H,2-3,6-7,9,14H2,1H3,(H,15,17). The van der Waals surface area contributed by atoms with E-state index in [4.69, 9.17) is 10.2 Å². The van der Waals surface area contributed by atoms with Crippen LogP contribution in [0.25, 0.3) is 0 Å². The van der Waals surface area contributed by atoms with Crippen LogP contribution in [0.3, 0.4) is 0 Å². The number of amides is 1. The lowest BCUT2D eigenvalue weighted by Crippen LogP contribution is -2.43. The van der Waals surface area contributed by atoms with Gasteiger partial charge in [-0.25, -0.2) is 0 Å². The van der Waals surface area contributed by atoms with E-state index in [1.807, 2.05) is 12.1 Å². The van der Waals surface area contributed by atoms with Gasteiger partial charge in [0, 0.05) is 6.54 Å². The number of rotatable bonds is 5. The summed E-state index contributed by atoms with van der Waals surface area (Å²) in [5, 5.41) is 2.88. The van der Waals surface area contributed by atoms with E-state index in [0.29, 0.717) is 6.54 Å². The first-order chi connectivity index (χ1) is 8.68. The molecule has 18 heavy (non-hydrogen) atoms. The Morgan fingerprint density at radius 1 is 1.56 bits per heavy atom. The number of hydrogen-bond acceptors (Lipinski definition) is 4. The molecular weight excluding hydrogens is 230 g/mol. The third-order valence-electron chi connectivity index (χ3n) is 3.34. The van der Waals surface area contributed by atoms with Crippen molar-refractivity contribution in [3.05, 3.63) is 24.2 Å². The highest BCUT2D eigenvalue weighted by atomic mass is 16.3. The predicted octanol–water partition coefficient (Wildman–Crippen LogP) is 0.880. The lowest BCUT2D eigenvalue weighted by molar-refractivity contribution is -0.122. The Balaban J connectivity index is 1.99. The van der Waals surface area contributed by atoms with Crippen LogP contribution in [0.5, 0.6) is 0 Å². The molecule has 0 radical (unpaired) electrons. The molecule has 1 aliphatic rings. The van der Waals surface area contributed by atoms with Gasteiger partial charge in [0.1, 0.15) is 5.76 Å². The highest BCUT2D eigenvalue weighted by Gasteiger charge is 2.26. The first-order valence-corrected chi connectivity index (χ1v) is 6.49. The number of carbonyl (C=O) groups excluding carboxylic acids is 1. The smallest absolute Gasteiger partial charge is 0.236 e. The van der Waals surface area contributed by atoms with E-state index in [2.05, 4.69) is 10.2 Å². The van der Waals surface area contributed by atoms with Crippen LogP contribution in [0.2, 0.25) is 0 Å². The van der Waals surface area contributed by atoms with Gasteiger partial charge in [0.15, 0.2) is 0 Å². The lowest BCUT2D eigenvalue weighted by Gasteiger charge is -2.26. The molecule has 0 saturated carbocycles. The molecule has 1 aromatic rings. The fourth-order valence-electron chi connectivity index (χ4n) is 2.30. The Hall–Kier alpha value is -1.33. The van der Waals surface area contributed by atoms with Crippen molar-refractivity contribution in [2.45, 2.75) is 31.8 Å². The molecule has 0 aromatic carbocycles. The van der Waals surface area contributed by atoms with Gasteiger partial charge < -0.3 is 15.5 Å². The molecular formula is C13H21N3O2. The molecule has 100 valence electrons. The molecule has 1 aliphatic heterocycles. The molecule has 5 heteroatoms. The summed E-state index contributed by atoms with van der Waals surface area (Å²) in [5.74, 6) is 0.785. The van der Waals surface area contributed by atoms with E-state index in [9.17, 15) is 4.79 Å². The normalized spacial score (nSPS) is 19.7. The highest BCUT2D eigenvalue weighted by molar-refractivity contribution is 5.80. The van der Waals surface area contributed by atoms with Crippen molar-refractivity contribution in [2.75, 3.05) is 19.6 Å².